The smallest absolute Gasteiger partial charge is 0.364 e. The van der Waals surface area contributed by atoms with E-state index in [-0.39, 0.29) is 24.0 Å². The molecule has 0 atom stereocenters. The molecule has 7 nitrogen and oxygen atoms in total. The van der Waals surface area contributed by atoms with Crippen LogP contribution in [0.4, 0.5) is 0 Å². The molecule has 3 rings (SSSR count). The van der Waals surface area contributed by atoms with Gasteiger partial charge in [-0.15, -0.1) is 10.2 Å². The minimum absolute atomic E-state index is 0.0106. The molecule has 0 aliphatic carbocycles. The summed E-state index contributed by atoms with van der Waals surface area (Å²) in [6.07, 6.45) is 0. The van der Waals surface area contributed by atoms with E-state index < -0.39 is 5.97 Å². The van der Waals surface area contributed by atoms with Crippen LogP contribution >= 0.6 is 11.6 Å². The van der Waals surface area contributed by atoms with Crippen LogP contribution in [0.2, 0.25) is 5.02 Å². The summed E-state index contributed by atoms with van der Waals surface area (Å²) in [6, 6.07) is 13.8. The molecule has 0 saturated carbocycles. The number of esters is 1. The molecular formula is C19H16ClN3O4. The standard InChI is InChI=1S/C19H16ClN3O4/c1-3-26-19(24)16-18(27-14-9-7-13(20)8-10-14)21-17(23-22-16)12-5-4-6-15(11-12)25-2/h4-11H,3H2,1-2H3. The minimum atomic E-state index is -0.668. The Labute approximate surface area is 160 Å². The molecule has 0 unspecified atom stereocenters. The Bertz CT molecular complexity index is 948. The molecule has 27 heavy (non-hydrogen) atoms. The molecule has 0 fully saturated rings. The molecule has 0 amide bonds. The van der Waals surface area contributed by atoms with Gasteiger partial charge in [-0.05, 0) is 43.3 Å². The lowest BCUT2D eigenvalue weighted by Crippen LogP contribution is -2.12. The molecule has 8 heteroatoms. The number of rotatable bonds is 6. The average Bonchev–Trinajstić information content (AvgIpc) is 2.70. The first kappa shape index (κ1) is 18.6. The summed E-state index contributed by atoms with van der Waals surface area (Å²) >= 11 is 5.89. The Morgan fingerprint density at radius 2 is 1.85 bits per heavy atom. The number of aromatic nitrogens is 3. The van der Waals surface area contributed by atoms with Crippen molar-refractivity contribution in [2.24, 2.45) is 0 Å². The van der Waals surface area contributed by atoms with E-state index in [4.69, 9.17) is 25.8 Å². The summed E-state index contributed by atoms with van der Waals surface area (Å²) in [5.74, 6) is 0.695. The van der Waals surface area contributed by atoms with Gasteiger partial charge in [0.15, 0.2) is 5.82 Å². The highest BCUT2D eigenvalue weighted by molar-refractivity contribution is 6.30. The van der Waals surface area contributed by atoms with Gasteiger partial charge in [-0.25, -0.2) is 4.79 Å². The fourth-order valence-electron chi connectivity index (χ4n) is 2.21. The van der Waals surface area contributed by atoms with Gasteiger partial charge >= 0.3 is 5.97 Å². The van der Waals surface area contributed by atoms with Crippen molar-refractivity contribution in [1.82, 2.24) is 15.2 Å². The number of hydrogen-bond donors (Lipinski definition) is 0. The summed E-state index contributed by atoms with van der Waals surface area (Å²) in [5.41, 5.74) is 0.552. The van der Waals surface area contributed by atoms with Gasteiger partial charge < -0.3 is 14.2 Å². The Morgan fingerprint density at radius 1 is 1.07 bits per heavy atom. The fraction of sp³-hybridized carbons (Fsp3) is 0.158. The van der Waals surface area contributed by atoms with Crippen LogP contribution in [-0.2, 0) is 4.74 Å². The molecule has 0 bridgehead atoms. The largest absolute Gasteiger partial charge is 0.497 e. The summed E-state index contributed by atoms with van der Waals surface area (Å²) < 4.78 is 16.0. The summed E-state index contributed by atoms with van der Waals surface area (Å²) in [6.45, 7) is 1.89. The minimum Gasteiger partial charge on any atom is -0.497 e. The number of carbonyl (C=O) groups is 1. The summed E-state index contributed by atoms with van der Waals surface area (Å²) in [4.78, 5) is 16.5. The highest BCUT2D eigenvalue weighted by atomic mass is 35.5. The third-order valence-corrected chi connectivity index (χ3v) is 3.73. The van der Waals surface area contributed by atoms with Crippen LogP contribution in [0.15, 0.2) is 48.5 Å². The lowest BCUT2D eigenvalue weighted by molar-refractivity contribution is 0.0514. The molecule has 0 N–H and O–H groups in total. The second-order valence-corrected chi connectivity index (χ2v) is 5.73. The molecule has 1 aromatic heterocycles. The van der Waals surface area contributed by atoms with E-state index in [1.807, 2.05) is 0 Å². The first-order valence-electron chi connectivity index (χ1n) is 8.10. The van der Waals surface area contributed by atoms with Crippen molar-refractivity contribution in [2.75, 3.05) is 13.7 Å². The van der Waals surface area contributed by atoms with Crippen LogP contribution in [0, 0.1) is 0 Å². The van der Waals surface area contributed by atoms with Crippen molar-refractivity contribution >= 4 is 17.6 Å². The Hall–Kier alpha value is -3.19. The molecule has 2 aromatic carbocycles. The predicted molar refractivity (Wildman–Crippen MR) is 99.3 cm³/mol. The molecule has 1 heterocycles. The van der Waals surface area contributed by atoms with Gasteiger partial charge in [-0.3, -0.25) is 0 Å². The van der Waals surface area contributed by atoms with E-state index in [1.165, 1.54) is 0 Å². The third-order valence-electron chi connectivity index (χ3n) is 3.48. The average molecular weight is 386 g/mol. The Kier molecular flexibility index (Phi) is 5.83. The van der Waals surface area contributed by atoms with Crippen molar-refractivity contribution in [3.8, 4) is 28.8 Å². The number of methoxy groups -OCH3 is 1. The zero-order valence-corrected chi connectivity index (χ0v) is 15.4. The van der Waals surface area contributed by atoms with Crippen molar-refractivity contribution < 1.29 is 19.0 Å². The van der Waals surface area contributed by atoms with Gasteiger partial charge in [0, 0.05) is 10.6 Å². The lowest BCUT2D eigenvalue weighted by Gasteiger charge is -2.10. The second-order valence-electron chi connectivity index (χ2n) is 5.30. The van der Waals surface area contributed by atoms with Gasteiger partial charge in [0.1, 0.15) is 11.5 Å². The van der Waals surface area contributed by atoms with Gasteiger partial charge in [0.25, 0.3) is 5.88 Å². The molecule has 0 aliphatic heterocycles. The maximum atomic E-state index is 12.2. The number of carbonyl (C=O) groups excluding carboxylic acids is 1. The SMILES string of the molecule is CCOC(=O)c1nnc(-c2cccc(OC)c2)nc1Oc1ccc(Cl)cc1. The van der Waals surface area contributed by atoms with E-state index in [0.29, 0.717) is 22.1 Å². The van der Waals surface area contributed by atoms with Gasteiger partial charge in [0.05, 0.1) is 13.7 Å². The number of ether oxygens (including phenoxy) is 3. The zero-order valence-electron chi connectivity index (χ0n) is 14.7. The molecule has 0 saturated heterocycles. The number of hydrogen-bond acceptors (Lipinski definition) is 7. The van der Waals surface area contributed by atoms with Crippen LogP contribution in [-0.4, -0.2) is 34.9 Å². The molecule has 0 radical (unpaired) electrons. The normalized spacial score (nSPS) is 10.3. The number of nitrogens with zero attached hydrogens (tertiary/aromatic N) is 3. The second kappa shape index (κ2) is 8.46. The number of benzene rings is 2. The molecular weight excluding hydrogens is 370 g/mol. The summed E-state index contributed by atoms with van der Waals surface area (Å²) in [5, 5.41) is 8.55. The highest BCUT2D eigenvalue weighted by Gasteiger charge is 2.21. The lowest BCUT2D eigenvalue weighted by atomic mass is 10.2. The predicted octanol–water partition coefficient (Wildman–Crippen LogP) is 4.17. The Morgan fingerprint density at radius 3 is 2.56 bits per heavy atom. The van der Waals surface area contributed by atoms with E-state index in [2.05, 4.69) is 15.2 Å². The quantitative estimate of drug-likeness (QED) is 0.589. The maximum Gasteiger partial charge on any atom is 0.364 e. The zero-order chi connectivity index (χ0) is 19.2. The third kappa shape index (κ3) is 4.51. The van der Waals surface area contributed by atoms with Crippen molar-refractivity contribution in [2.45, 2.75) is 6.92 Å². The van der Waals surface area contributed by atoms with Crippen LogP contribution in [0.5, 0.6) is 17.4 Å². The highest BCUT2D eigenvalue weighted by Crippen LogP contribution is 2.27. The first-order chi connectivity index (χ1) is 13.1. The molecule has 0 aliphatic rings. The maximum absolute atomic E-state index is 12.2. The Balaban J connectivity index is 2.02. The molecule has 0 spiro atoms. The van der Waals surface area contributed by atoms with E-state index in [9.17, 15) is 4.79 Å². The van der Waals surface area contributed by atoms with Crippen LogP contribution in [0.1, 0.15) is 17.4 Å². The van der Waals surface area contributed by atoms with Crippen molar-refractivity contribution in [3.63, 3.8) is 0 Å². The molecule has 138 valence electrons. The number of halogens is 1. The van der Waals surface area contributed by atoms with E-state index in [1.54, 1.807) is 62.6 Å². The van der Waals surface area contributed by atoms with E-state index in [0.717, 1.165) is 0 Å². The topological polar surface area (TPSA) is 83.4 Å². The van der Waals surface area contributed by atoms with Gasteiger partial charge in [-0.1, -0.05) is 23.7 Å². The van der Waals surface area contributed by atoms with Crippen molar-refractivity contribution in [1.29, 1.82) is 0 Å². The molecule has 3 aromatic rings. The van der Waals surface area contributed by atoms with Crippen LogP contribution < -0.4 is 9.47 Å². The summed E-state index contributed by atoms with van der Waals surface area (Å²) in [7, 11) is 1.57. The van der Waals surface area contributed by atoms with Gasteiger partial charge in [0.2, 0.25) is 5.69 Å². The van der Waals surface area contributed by atoms with Gasteiger partial charge in [-0.2, -0.15) is 4.98 Å². The monoisotopic (exact) mass is 385 g/mol. The fourth-order valence-corrected chi connectivity index (χ4v) is 2.34. The van der Waals surface area contributed by atoms with Crippen LogP contribution in [0.3, 0.4) is 0 Å². The van der Waals surface area contributed by atoms with Crippen molar-refractivity contribution in [3.05, 3.63) is 59.2 Å². The van der Waals surface area contributed by atoms with Crippen LogP contribution in [0.25, 0.3) is 11.4 Å². The van der Waals surface area contributed by atoms with E-state index >= 15 is 0 Å². The first-order valence-corrected chi connectivity index (χ1v) is 8.48.